The average molecular weight is 429 g/mol. The fourth-order valence-corrected chi connectivity index (χ4v) is 5.29. The number of ether oxygens (including phenoxy) is 2. The molecule has 6 nitrogen and oxygen atoms in total. The molecule has 3 aliphatic rings. The van der Waals surface area contributed by atoms with Crippen molar-refractivity contribution in [3.63, 3.8) is 0 Å². The summed E-state index contributed by atoms with van der Waals surface area (Å²) in [5.41, 5.74) is -1.13. The standard InChI is InChI=1S/C25H32O6/c1-24(2,27)20-12-16-18(30-20)14-19-22(23(16)29-15-8-4-5-9-15)17(26)13-21(31-19)25(28)10-6-3-7-11-25/h13-15,20,27-28H,3-12H2,1-2H3/t20-/m0/s1. The Balaban J connectivity index is 1.65. The monoisotopic (exact) mass is 428 g/mol. The predicted octanol–water partition coefficient (Wildman–Crippen LogP) is 4.34. The Bertz CT molecular complexity index is 1030. The summed E-state index contributed by atoms with van der Waals surface area (Å²) in [4.78, 5) is 13.3. The molecule has 2 N–H and O–H groups in total. The molecule has 2 aromatic rings. The van der Waals surface area contributed by atoms with E-state index < -0.39 is 17.3 Å². The molecule has 2 saturated carbocycles. The van der Waals surface area contributed by atoms with Gasteiger partial charge in [-0.1, -0.05) is 19.3 Å². The van der Waals surface area contributed by atoms with Crippen molar-refractivity contribution in [2.24, 2.45) is 0 Å². The first-order chi connectivity index (χ1) is 14.7. The molecule has 0 unspecified atom stereocenters. The number of benzene rings is 1. The molecule has 2 fully saturated rings. The molecule has 6 heteroatoms. The van der Waals surface area contributed by atoms with Gasteiger partial charge in [-0.25, -0.2) is 0 Å². The molecule has 5 rings (SSSR count). The highest BCUT2D eigenvalue weighted by Crippen LogP contribution is 2.45. The van der Waals surface area contributed by atoms with Crippen LogP contribution in [0.1, 0.15) is 83.0 Å². The summed E-state index contributed by atoms with van der Waals surface area (Å²) < 4.78 is 18.6. The Kier molecular flexibility index (Phi) is 5.05. The van der Waals surface area contributed by atoms with Gasteiger partial charge in [-0.3, -0.25) is 4.79 Å². The van der Waals surface area contributed by atoms with Crippen LogP contribution in [0.2, 0.25) is 0 Å². The van der Waals surface area contributed by atoms with Crippen LogP contribution in [-0.2, 0) is 12.0 Å². The van der Waals surface area contributed by atoms with Gasteiger partial charge in [0.1, 0.15) is 39.9 Å². The second-order valence-electron chi connectivity index (χ2n) is 10.1. The molecule has 1 aliphatic heterocycles. The van der Waals surface area contributed by atoms with E-state index in [4.69, 9.17) is 13.9 Å². The first-order valence-electron chi connectivity index (χ1n) is 11.7. The quantitative estimate of drug-likeness (QED) is 0.753. The molecule has 0 bridgehead atoms. The summed E-state index contributed by atoms with van der Waals surface area (Å²) in [6.07, 6.45) is 8.36. The Labute approximate surface area is 182 Å². The zero-order valence-electron chi connectivity index (χ0n) is 18.4. The molecule has 2 heterocycles. The van der Waals surface area contributed by atoms with Crippen LogP contribution in [0, 0.1) is 0 Å². The molecule has 31 heavy (non-hydrogen) atoms. The summed E-state index contributed by atoms with van der Waals surface area (Å²) in [6.45, 7) is 3.45. The molecule has 1 aromatic carbocycles. The molecule has 0 amide bonds. The second kappa shape index (κ2) is 7.52. The topological polar surface area (TPSA) is 89.1 Å². The van der Waals surface area contributed by atoms with Crippen molar-refractivity contribution < 1.29 is 24.1 Å². The van der Waals surface area contributed by atoms with Crippen molar-refractivity contribution >= 4 is 11.0 Å². The van der Waals surface area contributed by atoms with Crippen LogP contribution in [-0.4, -0.2) is 28.0 Å². The third-order valence-electron chi connectivity index (χ3n) is 7.21. The lowest BCUT2D eigenvalue weighted by atomic mass is 9.83. The highest BCUT2D eigenvalue weighted by atomic mass is 16.5. The molecule has 0 saturated heterocycles. The van der Waals surface area contributed by atoms with E-state index in [0.717, 1.165) is 50.5 Å². The van der Waals surface area contributed by atoms with Gasteiger partial charge in [-0.05, 0) is 52.4 Å². The van der Waals surface area contributed by atoms with Gasteiger partial charge >= 0.3 is 0 Å². The third kappa shape index (κ3) is 3.74. The van der Waals surface area contributed by atoms with Crippen LogP contribution in [0.15, 0.2) is 21.3 Å². The van der Waals surface area contributed by atoms with E-state index in [-0.39, 0.29) is 11.5 Å². The van der Waals surface area contributed by atoms with Crippen LogP contribution in [0.4, 0.5) is 0 Å². The van der Waals surface area contributed by atoms with E-state index in [0.29, 0.717) is 47.5 Å². The zero-order chi connectivity index (χ0) is 21.8. The molecule has 0 spiro atoms. The Hall–Kier alpha value is -2.05. The van der Waals surface area contributed by atoms with Gasteiger partial charge in [0.2, 0.25) is 0 Å². The molecule has 1 atom stereocenters. The third-order valence-corrected chi connectivity index (χ3v) is 7.21. The first-order valence-corrected chi connectivity index (χ1v) is 11.7. The minimum Gasteiger partial charge on any atom is -0.489 e. The van der Waals surface area contributed by atoms with Crippen molar-refractivity contribution in [2.75, 3.05) is 0 Å². The highest BCUT2D eigenvalue weighted by molar-refractivity contribution is 5.88. The Morgan fingerprint density at radius 1 is 1.10 bits per heavy atom. The molecule has 1 aromatic heterocycles. The summed E-state index contributed by atoms with van der Waals surface area (Å²) in [7, 11) is 0. The van der Waals surface area contributed by atoms with Crippen LogP contribution >= 0.6 is 0 Å². The lowest BCUT2D eigenvalue weighted by Crippen LogP contribution is -2.39. The zero-order valence-corrected chi connectivity index (χ0v) is 18.4. The summed E-state index contributed by atoms with van der Waals surface area (Å²) in [5, 5.41) is 22.1. The fourth-order valence-electron chi connectivity index (χ4n) is 5.29. The van der Waals surface area contributed by atoms with Crippen molar-refractivity contribution in [3.8, 4) is 11.5 Å². The van der Waals surface area contributed by atoms with Crippen molar-refractivity contribution in [1.29, 1.82) is 0 Å². The predicted molar refractivity (Wildman–Crippen MR) is 117 cm³/mol. The van der Waals surface area contributed by atoms with Gasteiger partial charge in [-0.2, -0.15) is 0 Å². The van der Waals surface area contributed by atoms with Gasteiger partial charge < -0.3 is 24.1 Å². The van der Waals surface area contributed by atoms with E-state index in [2.05, 4.69) is 0 Å². The lowest BCUT2D eigenvalue weighted by Gasteiger charge is -2.31. The van der Waals surface area contributed by atoms with Crippen LogP contribution < -0.4 is 14.9 Å². The summed E-state index contributed by atoms with van der Waals surface area (Å²) in [5.74, 6) is 1.44. The smallest absolute Gasteiger partial charge is 0.196 e. The fraction of sp³-hybridized carbons (Fsp3) is 0.640. The van der Waals surface area contributed by atoms with Gasteiger partial charge in [0.15, 0.2) is 5.43 Å². The molecule has 0 radical (unpaired) electrons. The van der Waals surface area contributed by atoms with Crippen molar-refractivity contribution in [2.45, 2.75) is 101 Å². The van der Waals surface area contributed by atoms with Gasteiger partial charge in [0, 0.05) is 24.1 Å². The summed E-state index contributed by atoms with van der Waals surface area (Å²) in [6, 6.07) is 3.18. The van der Waals surface area contributed by atoms with Crippen LogP contribution in [0.25, 0.3) is 11.0 Å². The van der Waals surface area contributed by atoms with Gasteiger partial charge in [0.05, 0.1) is 11.7 Å². The Morgan fingerprint density at radius 3 is 2.48 bits per heavy atom. The van der Waals surface area contributed by atoms with E-state index >= 15 is 0 Å². The van der Waals surface area contributed by atoms with Crippen LogP contribution in [0.5, 0.6) is 11.5 Å². The molecule has 2 aliphatic carbocycles. The average Bonchev–Trinajstić information content (AvgIpc) is 3.37. The van der Waals surface area contributed by atoms with Gasteiger partial charge in [-0.15, -0.1) is 0 Å². The normalized spacial score (nSPS) is 23.7. The van der Waals surface area contributed by atoms with E-state index in [1.807, 2.05) is 0 Å². The number of hydrogen-bond acceptors (Lipinski definition) is 6. The number of rotatable bonds is 4. The number of aliphatic hydroxyl groups is 2. The highest BCUT2D eigenvalue weighted by Gasteiger charge is 2.39. The minimum atomic E-state index is -1.10. The van der Waals surface area contributed by atoms with Gasteiger partial charge in [0.25, 0.3) is 0 Å². The van der Waals surface area contributed by atoms with E-state index in [9.17, 15) is 15.0 Å². The minimum absolute atomic E-state index is 0.0671. The van der Waals surface area contributed by atoms with Crippen molar-refractivity contribution in [1.82, 2.24) is 0 Å². The largest absolute Gasteiger partial charge is 0.489 e. The maximum absolute atomic E-state index is 13.3. The van der Waals surface area contributed by atoms with Crippen LogP contribution in [0.3, 0.4) is 0 Å². The van der Waals surface area contributed by atoms with E-state index in [1.54, 1.807) is 19.9 Å². The maximum Gasteiger partial charge on any atom is 0.196 e. The summed E-state index contributed by atoms with van der Waals surface area (Å²) >= 11 is 0. The van der Waals surface area contributed by atoms with E-state index in [1.165, 1.54) is 6.07 Å². The first kappa shape index (κ1) is 20.8. The van der Waals surface area contributed by atoms with Crippen molar-refractivity contribution in [3.05, 3.63) is 33.7 Å². The molecule has 168 valence electrons. The SMILES string of the molecule is CC(C)(O)[C@@H]1Cc2c(cc3oc(C4(O)CCCCC4)cc(=O)c3c2OC2CCCC2)O1. The number of hydrogen-bond donors (Lipinski definition) is 2. The Morgan fingerprint density at radius 2 is 1.81 bits per heavy atom. The maximum atomic E-state index is 13.3. The molecular weight excluding hydrogens is 396 g/mol. The molecular formula is C25H32O6. The lowest BCUT2D eigenvalue weighted by molar-refractivity contribution is -0.0230. The number of fused-ring (bicyclic) bond motifs is 2. The second-order valence-corrected chi connectivity index (χ2v) is 10.1.